The maximum absolute atomic E-state index is 14.1. The van der Waals surface area contributed by atoms with Gasteiger partial charge in [-0.15, -0.1) is 11.3 Å². The molecule has 0 radical (unpaired) electrons. The molecular formula is C40H48N4O6S. The van der Waals surface area contributed by atoms with Gasteiger partial charge in [0.15, 0.2) is 5.78 Å². The smallest absolute Gasteiger partial charge is 0.412 e. The van der Waals surface area contributed by atoms with Crippen LogP contribution in [0.25, 0.3) is 20.5 Å². The lowest BCUT2D eigenvalue weighted by Gasteiger charge is -2.26. The van der Waals surface area contributed by atoms with Crippen molar-refractivity contribution >= 4 is 39.2 Å². The lowest BCUT2D eigenvalue weighted by Crippen LogP contribution is -2.38. The number of carbonyl (C=O) groups is 3. The van der Waals surface area contributed by atoms with Crippen LogP contribution in [-0.4, -0.2) is 92.2 Å². The first-order valence-corrected chi connectivity index (χ1v) is 18.5. The number of allylic oxidation sites excluding steroid dienone is 1. The van der Waals surface area contributed by atoms with Gasteiger partial charge in [0.05, 0.1) is 0 Å². The van der Waals surface area contributed by atoms with E-state index < -0.39 is 6.09 Å². The Morgan fingerprint density at radius 1 is 0.902 bits per heavy atom. The molecule has 0 atom stereocenters. The van der Waals surface area contributed by atoms with Crippen molar-refractivity contribution in [3.8, 4) is 27.7 Å². The van der Waals surface area contributed by atoms with E-state index >= 15 is 0 Å². The summed E-state index contributed by atoms with van der Waals surface area (Å²) in [5, 5.41) is 16.3. The van der Waals surface area contributed by atoms with Crippen molar-refractivity contribution in [1.29, 1.82) is 0 Å². The van der Waals surface area contributed by atoms with E-state index in [0.29, 0.717) is 56.1 Å². The number of phenols is 1. The molecule has 51 heavy (non-hydrogen) atoms. The van der Waals surface area contributed by atoms with Crippen molar-refractivity contribution in [2.45, 2.75) is 39.0 Å². The summed E-state index contributed by atoms with van der Waals surface area (Å²) in [6, 6.07) is 19.3. The summed E-state index contributed by atoms with van der Waals surface area (Å²) in [4.78, 5) is 43.8. The number of likely N-dealkylation sites (tertiary alicyclic amines) is 1. The van der Waals surface area contributed by atoms with Crippen LogP contribution in [0.3, 0.4) is 0 Å². The summed E-state index contributed by atoms with van der Waals surface area (Å²) in [6.07, 6.45) is 8.32. The fourth-order valence-corrected chi connectivity index (χ4v) is 7.16. The van der Waals surface area contributed by atoms with E-state index in [-0.39, 0.29) is 17.4 Å². The van der Waals surface area contributed by atoms with Gasteiger partial charge in [0.1, 0.15) is 23.9 Å². The van der Waals surface area contributed by atoms with Gasteiger partial charge in [-0.3, -0.25) is 14.5 Å². The van der Waals surface area contributed by atoms with Gasteiger partial charge in [0, 0.05) is 65.2 Å². The second kappa shape index (κ2) is 19.1. The number of nitrogens with zero attached hydrogens (tertiary/aromatic N) is 2. The summed E-state index contributed by atoms with van der Waals surface area (Å²) in [5.41, 5.74) is 1.88. The number of hydrogen-bond acceptors (Lipinski definition) is 9. The van der Waals surface area contributed by atoms with Gasteiger partial charge in [-0.25, -0.2) is 4.79 Å². The van der Waals surface area contributed by atoms with Crippen LogP contribution < -0.4 is 20.1 Å². The molecular weight excluding hydrogens is 665 g/mol. The number of aromatic hydroxyl groups is 1. The minimum absolute atomic E-state index is 0.0119. The molecule has 2 amide bonds. The number of ether oxygens (including phenoxy) is 2. The monoisotopic (exact) mass is 712 g/mol. The van der Waals surface area contributed by atoms with Crippen LogP contribution in [0.4, 0.5) is 4.79 Å². The minimum atomic E-state index is -0.580. The second-order valence-electron chi connectivity index (χ2n) is 12.7. The number of likely N-dealkylation sites (N-methyl/N-ethyl adjacent to an activating group) is 1. The number of amides is 2. The molecule has 3 N–H and O–H groups in total. The molecule has 270 valence electrons. The molecule has 3 aromatic carbocycles. The van der Waals surface area contributed by atoms with Gasteiger partial charge in [-0.05, 0) is 112 Å². The van der Waals surface area contributed by atoms with Crippen LogP contribution in [0.2, 0.25) is 0 Å². The number of nitrogens with one attached hydrogen (secondary N) is 2. The Morgan fingerprint density at radius 3 is 2.33 bits per heavy atom. The van der Waals surface area contributed by atoms with E-state index in [2.05, 4.69) is 15.5 Å². The average molecular weight is 713 g/mol. The van der Waals surface area contributed by atoms with Crippen molar-refractivity contribution in [2.75, 3.05) is 59.5 Å². The highest BCUT2D eigenvalue weighted by Crippen LogP contribution is 2.41. The second-order valence-corrected chi connectivity index (χ2v) is 13.7. The zero-order valence-electron chi connectivity index (χ0n) is 29.5. The lowest BCUT2D eigenvalue weighted by molar-refractivity contribution is -0.120. The molecule has 1 saturated heterocycles. The van der Waals surface area contributed by atoms with E-state index in [0.717, 1.165) is 52.3 Å². The molecule has 1 fully saturated rings. The predicted octanol–water partition coefficient (Wildman–Crippen LogP) is 6.86. The topological polar surface area (TPSA) is 120 Å². The number of hydrogen-bond donors (Lipinski definition) is 3. The zero-order valence-corrected chi connectivity index (χ0v) is 30.3. The number of ketones is 1. The molecule has 1 aromatic heterocycles. The Labute approximate surface area is 304 Å². The lowest BCUT2D eigenvalue weighted by atomic mass is 9.97. The van der Waals surface area contributed by atoms with E-state index in [9.17, 15) is 19.5 Å². The largest absolute Gasteiger partial charge is 0.508 e. The van der Waals surface area contributed by atoms with Gasteiger partial charge in [-0.1, -0.05) is 25.5 Å². The SMILES string of the molecule is CC/C=C\CC(=O)NCCN(C)CCNC(=O)Oc1ccc2c(C(=O)c3ccc(OCCN4CCCCC4)cc3)c(-c3ccc(O)cc3)sc2c1. The Balaban J connectivity index is 1.20. The molecule has 1 aliphatic heterocycles. The van der Waals surface area contributed by atoms with Crippen LogP contribution >= 0.6 is 11.3 Å². The fourth-order valence-electron chi connectivity index (χ4n) is 5.92. The predicted molar refractivity (Wildman–Crippen MR) is 203 cm³/mol. The number of carbonyl (C=O) groups excluding carboxylic acids is 3. The van der Waals surface area contributed by atoms with Crippen LogP contribution in [0.5, 0.6) is 17.2 Å². The molecule has 0 aliphatic carbocycles. The van der Waals surface area contributed by atoms with Crippen LogP contribution in [0.15, 0.2) is 78.9 Å². The summed E-state index contributed by atoms with van der Waals surface area (Å²) < 4.78 is 12.4. The minimum Gasteiger partial charge on any atom is -0.508 e. The molecule has 0 spiro atoms. The van der Waals surface area contributed by atoms with Crippen molar-refractivity contribution in [3.05, 3.63) is 90.0 Å². The number of fused-ring (bicyclic) bond motifs is 1. The number of benzene rings is 3. The first kappa shape index (κ1) is 37.5. The van der Waals surface area contributed by atoms with Gasteiger partial charge >= 0.3 is 6.09 Å². The molecule has 0 saturated carbocycles. The first-order valence-electron chi connectivity index (χ1n) is 17.7. The molecule has 1 aliphatic rings. The average Bonchev–Trinajstić information content (AvgIpc) is 3.51. The normalized spacial score (nSPS) is 13.5. The summed E-state index contributed by atoms with van der Waals surface area (Å²) in [7, 11) is 1.92. The molecule has 10 nitrogen and oxygen atoms in total. The standard InChI is InChI=1S/C40H48N4O6S/c1-3-4-6-9-36(46)41-20-24-43(2)25-21-42-40(48)50-33-18-19-34-35(28-33)51-39(30-10-14-31(45)15-11-30)37(34)38(47)29-12-16-32(17-13-29)49-27-26-44-22-7-5-8-23-44/h4,6,10-19,28,45H,3,5,7-9,20-27H2,1-2H3,(H,41,46)(H,42,48)/b6-4-. The van der Waals surface area contributed by atoms with Crippen molar-refractivity contribution in [2.24, 2.45) is 0 Å². The van der Waals surface area contributed by atoms with E-state index in [1.807, 2.05) is 49.2 Å². The Hall–Kier alpha value is -4.71. The van der Waals surface area contributed by atoms with Gasteiger partial charge in [-0.2, -0.15) is 0 Å². The summed E-state index contributed by atoms with van der Waals surface area (Å²) in [6.45, 7) is 7.89. The van der Waals surface area contributed by atoms with Crippen molar-refractivity contribution in [3.63, 3.8) is 0 Å². The first-order chi connectivity index (χ1) is 24.8. The third-order valence-electron chi connectivity index (χ3n) is 8.75. The van der Waals surface area contributed by atoms with Crippen LogP contribution in [0, 0.1) is 0 Å². The Morgan fingerprint density at radius 2 is 1.61 bits per heavy atom. The molecule has 4 aromatic rings. The van der Waals surface area contributed by atoms with E-state index in [4.69, 9.17) is 9.47 Å². The molecule has 5 rings (SSSR count). The van der Waals surface area contributed by atoms with Crippen LogP contribution in [-0.2, 0) is 4.79 Å². The Kier molecular flexibility index (Phi) is 14.0. The van der Waals surface area contributed by atoms with E-state index in [1.165, 1.54) is 30.6 Å². The quantitative estimate of drug-likeness (QED) is 0.0803. The van der Waals surface area contributed by atoms with Gasteiger partial charge in [0.25, 0.3) is 0 Å². The molecule has 0 unspecified atom stereocenters. The number of thiophene rings is 1. The van der Waals surface area contributed by atoms with Gasteiger partial charge in [0.2, 0.25) is 5.91 Å². The van der Waals surface area contributed by atoms with Crippen molar-refractivity contribution < 1.29 is 29.0 Å². The van der Waals surface area contributed by atoms with Crippen LogP contribution in [0.1, 0.15) is 54.9 Å². The van der Waals surface area contributed by atoms with E-state index in [1.54, 1.807) is 48.5 Å². The third kappa shape index (κ3) is 11.1. The molecule has 0 bridgehead atoms. The highest BCUT2D eigenvalue weighted by molar-refractivity contribution is 7.22. The molecule has 11 heteroatoms. The molecule has 2 heterocycles. The van der Waals surface area contributed by atoms with Crippen molar-refractivity contribution in [1.82, 2.24) is 20.4 Å². The highest BCUT2D eigenvalue weighted by atomic mass is 32.1. The number of rotatable bonds is 17. The maximum atomic E-state index is 14.1. The fraction of sp³-hybridized carbons (Fsp3) is 0.375. The third-order valence-corrected chi connectivity index (χ3v) is 9.96. The zero-order chi connectivity index (χ0) is 36.0. The van der Waals surface area contributed by atoms with Gasteiger partial charge < -0.3 is 30.1 Å². The highest BCUT2D eigenvalue weighted by Gasteiger charge is 2.23. The summed E-state index contributed by atoms with van der Waals surface area (Å²) >= 11 is 1.43. The number of piperidine rings is 1. The Bertz CT molecular complexity index is 1780. The number of phenolic OH excluding ortho intramolecular Hbond substituents is 1. The maximum Gasteiger partial charge on any atom is 0.412 e. The summed E-state index contributed by atoms with van der Waals surface area (Å²) in [5.74, 6) is 1.08.